The van der Waals surface area contributed by atoms with Gasteiger partial charge in [-0.05, 0) is 5.56 Å². The average Bonchev–Trinajstić information content (AvgIpc) is 2.84. The molecular formula is C22H30N2O10. The lowest BCUT2D eigenvalue weighted by atomic mass is 9.87. The summed E-state index contributed by atoms with van der Waals surface area (Å²) in [7, 11) is 3.19. The van der Waals surface area contributed by atoms with Gasteiger partial charge in [-0.25, -0.2) is 9.59 Å². The highest BCUT2D eigenvalue weighted by Crippen LogP contribution is 2.20. The van der Waals surface area contributed by atoms with Crippen LogP contribution in [0.4, 0.5) is 4.79 Å². The lowest BCUT2D eigenvalue weighted by Crippen LogP contribution is -2.51. The van der Waals surface area contributed by atoms with Crippen LogP contribution >= 0.6 is 0 Å². The van der Waals surface area contributed by atoms with Crippen LogP contribution in [-0.4, -0.2) is 75.0 Å². The summed E-state index contributed by atoms with van der Waals surface area (Å²) in [6.45, 7) is 1.09. The highest BCUT2D eigenvalue weighted by molar-refractivity contribution is 5.96. The third-order valence-corrected chi connectivity index (χ3v) is 4.85. The second-order valence-electron chi connectivity index (χ2n) is 7.25. The maximum Gasteiger partial charge on any atom is 0.407 e. The standard InChI is InChI=1S/C22H30N2O10/c1-13(17(19(27)31-2)20(28)32-3)18(21(29)33-4)24-16(26)10-15(25)11-23-22(30)34-12-14-8-6-5-7-9-14/h5-9,13,15,17-18,25H,10-12H2,1-4H3,(H,23,30)(H,24,26)/t13-,15+,18+/m1/s1. The number of rotatable bonds is 12. The van der Waals surface area contributed by atoms with Gasteiger partial charge in [-0.1, -0.05) is 37.3 Å². The molecule has 0 radical (unpaired) electrons. The summed E-state index contributed by atoms with van der Waals surface area (Å²) in [6.07, 6.45) is -2.60. The Balaban J connectivity index is 2.66. The lowest BCUT2D eigenvalue weighted by Gasteiger charge is -2.27. The Kier molecular flexibility index (Phi) is 12.1. The lowest BCUT2D eigenvalue weighted by molar-refractivity contribution is -0.163. The number of hydrogen-bond acceptors (Lipinski definition) is 10. The van der Waals surface area contributed by atoms with Gasteiger partial charge in [-0.3, -0.25) is 14.4 Å². The van der Waals surface area contributed by atoms with Gasteiger partial charge >= 0.3 is 24.0 Å². The molecule has 1 aromatic rings. The van der Waals surface area contributed by atoms with Crippen LogP contribution in [0.1, 0.15) is 18.9 Å². The number of methoxy groups -OCH3 is 3. The normalized spacial score (nSPS) is 13.1. The molecule has 0 aliphatic rings. The van der Waals surface area contributed by atoms with E-state index in [4.69, 9.17) is 4.74 Å². The largest absolute Gasteiger partial charge is 0.468 e. The highest BCUT2D eigenvalue weighted by Gasteiger charge is 2.42. The molecule has 2 amide bonds. The number of esters is 3. The fourth-order valence-electron chi connectivity index (χ4n) is 3.00. The molecule has 3 atom stereocenters. The molecule has 0 aromatic heterocycles. The molecule has 34 heavy (non-hydrogen) atoms. The van der Waals surface area contributed by atoms with E-state index in [1.807, 2.05) is 6.07 Å². The Hall–Kier alpha value is -3.67. The van der Waals surface area contributed by atoms with Crippen molar-refractivity contribution in [2.24, 2.45) is 11.8 Å². The van der Waals surface area contributed by atoms with Gasteiger partial charge < -0.3 is 34.7 Å². The maximum absolute atomic E-state index is 12.4. The molecular weight excluding hydrogens is 452 g/mol. The summed E-state index contributed by atoms with van der Waals surface area (Å²) in [5.74, 6) is -6.23. The van der Waals surface area contributed by atoms with Gasteiger partial charge in [-0.2, -0.15) is 0 Å². The quantitative estimate of drug-likeness (QED) is 0.208. The molecule has 1 rings (SSSR count). The Morgan fingerprint density at radius 1 is 0.912 bits per heavy atom. The molecule has 0 saturated heterocycles. The van der Waals surface area contributed by atoms with E-state index >= 15 is 0 Å². The van der Waals surface area contributed by atoms with Gasteiger partial charge in [0, 0.05) is 12.5 Å². The Labute approximate surface area is 196 Å². The van der Waals surface area contributed by atoms with Crippen LogP contribution in [0.25, 0.3) is 0 Å². The number of nitrogens with one attached hydrogen (secondary N) is 2. The van der Waals surface area contributed by atoms with Crippen molar-refractivity contribution in [2.45, 2.75) is 32.1 Å². The number of amides is 2. The molecule has 188 valence electrons. The molecule has 12 heteroatoms. The van der Waals surface area contributed by atoms with Crippen molar-refractivity contribution in [3.8, 4) is 0 Å². The van der Waals surface area contributed by atoms with Crippen LogP contribution in [0.15, 0.2) is 30.3 Å². The van der Waals surface area contributed by atoms with Crippen molar-refractivity contribution in [3.05, 3.63) is 35.9 Å². The monoisotopic (exact) mass is 482 g/mol. The van der Waals surface area contributed by atoms with Crippen molar-refractivity contribution in [1.29, 1.82) is 0 Å². The Morgan fingerprint density at radius 3 is 2.00 bits per heavy atom. The zero-order valence-electron chi connectivity index (χ0n) is 19.4. The van der Waals surface area contributed by atoms with Crippen molar-refractivity contribution >= 4 is 29.9 Å². The van der Waals surface area contributed by atoms with Crippen molar-refractivity contribution in [3.63, 3.8) is 0 Å². The highest BCUT2D eigenvalue weighted by atomic mass is 16.6. The second kappa shape index (κ2) is 14.5. The predicted octanol–water partition coefficient (Wildman–Crippen LogP) is -0.0801. The number of ether oxygens (including phenoxy) is 4. The number of aliphatic hydroxyl groups is 1. The summed E-state index contributed by atoms with van der Waals surface area (Å²) in [5.41, 5.74) is 0.776. The summed E-state index contributed by atoms with van der Waals surface area (Å²) >= 11 is 0. The third-order valence-electron chi connectivity index (χ3n) is 4.85. The number of alkyl carbamates (subject to hydrolysis) is 1. The van der Waals surface area contributed by atoms with Crippen molar-refractivity contribution in [2.75, 3.05) is 27.9 Å². The molecule has 0 aliphatic carbocycles. The van der Waals surface area contributed by atoms with E-state index in [1.165, 1.54) is 6.92 Å². The van der Waals surface area contributed by atoms with Gasteiger partial charge in [0.2, 0.25) is 5.91 Å². The van der Waals surface area contributed by atoms with Gasteiger partial charge in [0.1, 0.15) is 12.6 Å². The average molecular weight is 482 g/mol. The molecule has 0 aliphatic heterocycles. The van der Waals surface area contributed by atoms with Crippen molar-refractivity contribution < 1.29 is 48.0 Å². The minimum Gasteiger partial charge on any atom is -0.468 e. The number of carbonyl (C=O) groups is 5. The fourth-order valence-corrected chi connectivity index (χ4v) is 3.00. The first-order chi connectivity index (χ1) is 16.1. The number of benzene rings is 1. The maximum atomic E-state index is 12.4. The summed E-state index contributed by atoms with van der Waals surface area (Å²) in [5, 5.41) is 14.7. The molecule has 0 fully saturated rings. The zero-order valence-corrected chi connectivity index (χ0v) is 19.4. The van der Waals surface area contributed by atoms with E-state index < -0.39 is 60.3 Å². The summed E-state index contributed by atoms with van der Waals surface area (Å²) < 4.78 is 18.9. The van der Waals surface area contributed by atoms with Crippen LogP contribution in [0.3, 0.4) is 0 Å². The summed E-state index contributed by atoms with van der Waals surface area (Å²) in [4.78, 5) is 60.5. The van der Waals surface area contributed by atoms with Crippen molar-refractivity contribution in [1.82, 2.24) is 10.6 Å². The molecule has 0 bridgehead atoms. The van der Waals surface area contributed by atoms with E-state index in [2.05, 4.69) is 24.8 Å². The van der Waals surface area contributed by atoms with Crippen LogP contribution in [-0.2, 0) is 44.7 Å². The Morgan fingerprint density at radius 2 is 1.47 bits per heavy atom. The van der Waals surface area contributed by atoms with Crippen LogP contribution in [0, 0.1) is 11.8 Å². The fraction of sp³-hybridized carbons (Fsp3) is 0.500. The topological polar surface area (TPSA) is 167 Å². The first-order valence-corrected chi connectivity index (χ1v) is 10.3. The molecule has 1 aromatic carbocycles. The number of carbonyl (C=O) groups excluding carboxylic acids is 5. The molecule has 12 nitrogen and oxygen atoms in total. The number of aliphatic hydroxyl groups excluding tert-OH is 1. The smallest absolute Gasteiger partial charge is 0.407 e. The van der Waals surface area contributed by atoms with E-state index in [1.54, 1.807) is 24.3 Å². The predicted molar refractivity (Wildman–Crippen MR) is 116 cm³/mol. The molecule has 0 heterocycles. The molecule has 3 N–H and O–H groups in total. The molecule has 0 saturated carbocycles. The minimum absolute atomic E-state index is 0.0313. The molecule has 0 spiro atoms. The van der Waals surface area contributed by atoms with E-state index in [0.717, 1.165) is 26.9 Å². The van der Waals surface area contributed by atoms with Crippen LogP contribution < -0.4 is 10.6 Å². The zero-order chi connectivity index (χ0) is 25.7. The Bertz CT molecular complexity index is 829. The summed E-state index contributed by atoms with van der Waals surface area (Å²) in [6, 6.07) is 7.53. The van der Waals surface area contributed by atoms with E-state index in [9.17, 15) is 29.1 Å². The first-order valence-electron chi connectivity index (χ1n) is 10.3. The van der Waals surface area contributed by atoms with Gasteiger partial charge in [0.05, 0.1) is 33.9 Å². The first kappa shape index (κ1) is 28.4. The van der Waals surface area contributed by atoms with E-state index in [-0.39, 0.29) is 13.2 Å². The SMILES string of the molecule is COC(=O)C(C(=O)OC)[C@@H](C)[C@H](NC(=O)C[C@H](O)CNC(=O)OCc1ccccc1)C(=O)OC. The van der Waals surface area contributed by atoms with Crippen LogP contribution in [0.5, 0.6) is 0 Å². The third kappa shape index (κ3) is 9.06. The second-order valence-corrected chi connectivity index (χ2v) is 7.25. The van der Waals surface area contributed by atoms with Gasteiger partial charge in [-0.15, -0.1) is 0 Å². The van der Waals surface area contributed by atoms with E-state index in [0.29, 0.717) is 0 Å². The minimum atomic E-state index is -1.51. The van der Waals surface area contributed by atoms with Gasteiger partial charge in [0.25, 0.3) is 0 Å². The van der Waals surface area contributed by atoms with Crippen LogP contribution in [0.2, 0.25) is 0 Å². The molecule has 0 unspecified atom stereocenters. The number of hydrogen-bond donors (Lipinski definition) is 3. The van der Waals surface area contributed by atoms with Gasteiger partial charge in [0.15, 0.2) is 5.92 Å².